The van der Waals surface area contributed by atoms with Crippen LogP contribution in [0.15, 0.2) is 30.8 Å². The first kappa shape index (κ1) is 7.54. The normalized spacial score (nSPS) is 8.73. The number of benzene rings is 1. The van der Waals surface area contributed by atoms with E-state index in [0.29, 0.717) is 6.41 Å². The summed E-state index contributed by atoms with van der Waals surface area (Å²) in [5, 5.41) is 2.55. The fourth-order valence-corrected chi connectivity index (χ4v) is 0.823. The van der Waals surface area contributed by atoms with Crippen molar-refractivity contribution >= 4 is 18.2 Å². The summed E-state index contributed by atoms with van der Waals surface area (Å²) >= 11 is 0. The van der Waals surface area contributed by atoms with Crippen molar-refractivity contribution in [3.05, 3.63) is 36.4 Å². The third-order valence-electron chi connectivity index (χ3n) is 1.35. The molecular weight excluding hydrogens is 138 g/mol. The van der Waals surface area contributed by atoms with Crippen molar-refractivity contribution in [3.63, 3.8) is 0 Å². The van der Waals surface area contributed by atoms with Gasteiger partial charge in [-0.25, -0.2) is 0 Å². The lowest BCUT2D eigenvalue weighted by molar-refractivity contribution is -0.105. The zero-order chi connectivity index (χ0) is 8.10. The van der Waals surface area contributed by atoms with Crippen molar-refractivity contribution in [1.82, 2.24) is 0 Å². The molecule has 0 aliphatic heterocycles. The van der Waals surface area contributed by atoms with Gasteiger partial charge in [-0.3, -0.25) is 4.79 Å². The van der Waals surface area contributed by atoms with Gasteiger partial charge in [0, 0.05) is 5.69 Å². The minimum absolute atomic E-state index is 0.655. The zero-order valence-electron chi connectivity index (χ0n) is 6.08. The summed E-state index contributed by atoms with van der Waals surface area (Å²) in [5.74, 6) is 0. The molecule has 1 N–H and O–H groups in total. The third kappa shape index (κ3) is 1.93. The van der Waals surface area contributed by atoms with E-state index in [1.165, 1.54) is 0 Å². The van der Waals surface area contributed by atoms with Crippen LogP contribution in [0, 0.1) is 0 Å². The number of rotatable bonds is 3. The fourth-order valence-electron chi connectivity index (χ4n) is 0.823. The van der Waals surface area contributed by atoms with Crippen molar-refractivity contribution in [2.75, 3.05) is 5.32 Å². The molecule has 0 aliphatic carbocycles. The molecule has 0 heterocycles. The Kier molecular flexibility index (Phi) is 2.44. The second kappa shape index (κ2) is 3.56. The number of nitrogens with one attached hydrogen (secondary N) is 1. The molecule has 0 bridgehead atoms. The third-order valence-corrected chi connectivity index (χ3v) is 1.35. The lowest BCUT2D eigenvalue weighted by atomic mass is 10.2. The van der Waals surface area contributed by atoms with E-state index in [9.17, 15) is 4.79 Å². The van der Waals surface area contributed by atoms with E-state index in [1.54, 1.807) is 6.08 Å². The van der Waals surface area contributed by atoms with E-state index in [2.05, 4.69) is 11.9 Å². The van der Waals surface area contributed by atoms with Gasteiger partial charge in [0.2, 0.25) is 6.41 Å². The van der Waals surface area contributed by atoms with E-state index in [0.717, 1.165) is 11.3 Å². The van der Waals surface area contributed by atoms with Crippen LogP contribution in [-0.4, -0.2) is 6.41 Å². The van der Waals surface area contributed by atoms with Gasteiger partial charge in [0.15, 0.2) is 0 Å². The number of hydrogen-bond acceptors (Lipinski definition) is 1. The lowest BCUT2D eigenvalue weighted by Gasteiger charge is -1.98. The van der Waals surface area contributed by atoms with Gasteiger partial charge in [0.05, 0.1) is 0 Å². The highest BCUT2D eigenvalue weighted by atomic mass is 16.1. The molecule has 1 rings (SSSR count). The van der Waals surface area contributed by atoms with Gasteiger partial charge in [0.1, 0.15) is 0 Å². The minimum atomic E-state index is 0.655. The highest BCUT2D eigenvalue weighted by Gasteiger charge is 1.88. The Morgan fingerprint density at radius 1 is 1.45 bits per heavy atom. The molecule has 0 aliphatic rings. The highest BCUT2D eigenvalue weighted by molar-refractivity contribution is 5.72. The molecule has 0 saturated heterocycles. The molecule has 1 aromatic rings. The summed E-state index contributed by atoms with van der Waals surface area (Å²) in [6.45, 7) is 3.62. The number of amides is 1. The van der Waals surface area contributed by atoms with Crippen LogP contribution in [0.4, 0.5) is 5.69 Å². The molecular formula is C9H9NO. The SMILES string of the molecule is C=Cc1cccc(NC=O)c1. The number of carbonyl (C=O) groups excluding carboxylic acids is 1. The maximum Gasteiger partial charge on any atom is 0.211 e. The van der Waals surface area contributed by atoms with Crippen LogP contribution in [0.5, 0.6) is 0 Å². The average Bonchev–Trinajstić information content (AvgIpc) is 2.06. The molecule has 0 atom stereocenters. The topological polar surface area (TPSA) is 29.1 Å². The van der Waals surface area contributed by atoms with Crippen molar-refractivity contribution in [3.8, 4) is 0 Å². The number of anilines is 1. The average molecular weight is 147 g/mol. The minimum Gasteiger partial charge on any atom is -0.329 e. The Morgan fingerprint density at radius 3 is 2.91 bits per heavy atom. The predicted octanol–water partition coefficient (Wildman–Crippen LogP) is 1.90. The van der Waals surface area contributed by atoms with Crippen LogP contribution in [0.1, 0.15) is 5.56 Å². The summed E-state index contributed by atoms with van der Waals surface area (Å²) in [6, 6.07) is 7.45. The molecule has 1 amide bonds. The highest BCUT2D eigenvalue weighted by Crippen LogP contribution is 2.09. The van der Waals surface area contributed by atoms with Crippen molar-refractivity contribution in [1.29, 1.82) is 0 Å². The van der Waals surface area contributed by atoms with Gasteiger partial charge in [-0.1, -0.05) is 24.8 Å². The molecule has 0 unspecified atom stereocenters. The molecule has 0 spiro atoms. The van der Waals surface area contributed by atoms with E-state index in [1.807, 2.05) is 24.3 Å². The van der Waals surface area contributed by atoms with Gasteiger partial charge in [0.25, 0.3) is 0 Å². The van der Waals surface area contributed by atoms with Crippen LogP contribution in [0.25, 0.3) is 6.08 Å². The standard InChI is InChI=1S/C9H9NO/c1-2-8-4-3-5-9(6-8)10-7-11/h2-7H,1H2,(H,10,11). The summed E-state index contributed by atoms with van der Waals surface area (Å²) < 4.78 is 0. The van der Waals surface area contributed by atoms with E-state index >= 15 is 0 Å². The van der Waals surface area contributed by atoms with Crippen LogP contribution < -0.4 is 5.32 Å². The Hall–Kier alpha value is -1.57. The van der Waals surface area contributed by atoms with Crippen molar-refractivity contribution in [2.24, 2.45) is 0 Å². The molecule has 2 nitrogen and oxygen atoms in total. The molecule has 0 saturated carbocycles. The molecule has 0 radical (unpaired) electrons. The Morgan fingerprint density at radius 2 is 2.27 bits per heavy atom. The molecule has 1 aromatic carbocycles. The Labute approximate surface area is 65.5 Å². The summed E-state index contributed by atoms with van der Waals surface area (Å²) in [5.41, 5.74) is 1.79. The smallest absolute Gasteiger partial charge is 0.211 e. The molecule has 0 fully saturated rings. The van der Waals surface area contributed by atoms with E-state index < -0.39 is 0 Å². The van der Waals surface area contributed by atoms with E-state index in [-0.39, 0.29) is 0 Å². The van der Waals surface area contributed by atoms with Crippen LogP contribution in [0.2, 0.25) is 0 Å². The second-order valence-corrected chi connectivity index (χ2v) is 2.09. The summed E-state index contributed by atoms with van der Waals surface area (Å²) in [6.07, 6.45) is 2.39. The lowest BCUT2D eigenvalue weighted by Crippen LogP contribution is -1.92. The van der Waals surface area contributed by atoms with E-state index in [4.69, 9.17) is 0 Å². The van der Waals surface area contributed by atoms with Crippen LogP contribution in [0.3, 0.4) is 0 Å². The maximum absolute atomic E-state index is 10.0. The van der Waals surface area contributed by atoms with Gasteiger partial charge in [-0.2, -0.15) is 0 Å². The van der Waals surface area contributed by atoms with Gasteiger partial charge in [-0.05, 0) is 17.7 Å². The molecule has 56 valence electrons. The second-order valence-electron chi connectivity index (χ2n) is 2.09. The Balaban J connectivity index is 2.90. The molecule has 2 heteroatoms. The largest absolute Gasteiger partial charge is 0.329 e. The monoisotopic (exact) mass is 147 g/mol. The first-order valence-corrected chi connectivity index (χ1v) is 3.29. The fraction of sp³-hybridized carbons (Fsp3) is 0. The van der Waals surface area contributed by atoms with Crippen molar-refractivity contribution < 1.29 is 4.79 Å². The predicted molar refractivity (Wildman–Crippen MR) is 46.2 cm³/mol. The maximum atomic E-state index is 10.0. The van der Waals surface area contributed by atoms with Crippen LogP contribution >= 0.6 is 0 Å². The van der Waals surface area contributed by atoms with Gasteiger partial charge in [-0.15, -0.1) is 0 Å². The quantitative estimate of drug-likeness (QED) is 0.650. The zero-order valence-corrected chi connectivity index (χ0v) is 6.08. The molecule has 0 aromatic heterocycles. The van der Waals surface area contributed by atoms with Crippen LogP contribution in [-0.2, 0) is 4.79 Å². The van der Waals surface area contributed by atoms with Gasteiger partial charge < -0.3 is 5.32 Å². The van der Waals surface area contributed by atoms with Crippen molar-refractivity contribution in [2.45, 2.75) is 0 Å². The summed E-state index contributed by atoms with van der Waals surface area (Å²) in [4.78, 5) is 10.0. The Bertz CT molecular complexity index is 268. The summed E-state index contributed by atoms with van der Waals surface area (Å²) in [7, 11) is 0. The molecule has 11 heavy (non-hydrogen) atoms. The first-order valence-electron chi connectivity index (χ1n) is 3.29. The first-order chi connectivity index (χ1) is 5.36. The van der Waals surface area contributed by atoms with Gasteiger partial charge >= 0.3 is 0 Å². The number of hydrogen-bond donors (Lipinski definition) is 1. The number of carbonyl (C=O) groups is 1.